The van der Waals surface area contributed by atoms with Crippen LogP contribution in [0.4, 0.5) is 0 Å². The third-order valence-corrected chi connectivity index (χ3v) is 2.74. The first-order valence-corrected chi connectivity index (χ1v) is 5.51. The standard InChI is InChI=1S/C13H19O/c1-4-10-8-7-9-11(5-2)13(10)12(14)6-3/h7-9,12H,4-6H2,1-3H3. The van der Waals surface area contributed by atoms with E-state index in [2.05, 4.69) is 32.0 Å². The third-order valence-electron chi connectivity index (χ3n) is 2.74. The quantitative estimate of drug-likeness (QED) is 0.691. The molecule has 0 aliphatic heterocycles. The molecule has 0 fully saturated rings. The number of benzene rings is 1. The minimum absolute atomic E-state index is 0.541. The summed E-state index contributed by atoms with van der Waals surface area (Å²) >= 11 is 0. The summed E-state index contributed by atoms with van der Waals surface area (Å²) in [5, 5.41) is 11.9. The molecule has 1 radical (unpaired) electrons. The monoisotopic (exact) mass is 191 g/mol. The molecule has 0 spiro atoms. The average Bonchev–Trinajstić information content (AvgIpc) is 2.26. The van der Waals surface area contributed by atoms with Gasteiger partial charge in [0.25, 0.3) is 0 Å². The van der Waals surface area contributed by atoms with Crippen LogP contribution in [0.3, 0.4) is 0 Å². The van der Waals surface area contributed by atoms with Crippen molar-refractivity contribution in [3.63, 3.8) is 0 Å². The Kier molecular flexibility index (Phi) is 4.15. The van der Waals surface area contributed by atoms with Crippen LogP contribution in [0.5, 0.6) is 0 Å². The van der Waals surface area contributed by atoms with Crippen molar-refractivity contribution < 1.29 is 5.11 Å². The van der Waals surface area contributed by atoms with Crippen molar-refractivity contribution in [3.05, 3.63) is 34.9 Å². The van der Waals surface area contributed by atoms with E-state index in [1.165, 1.54) is 11.1 Å². The van der Waals surface area contributed by atoms with Gasteiger partial charge >= 0.3 is 0 Å². The predicted octanol–water partition coefficient (Wildman–Crippen LogP) is 3.69. The van der Waals surface area contributed by atoms with Gasteiger partial charge in [0.2, 0.25) is 0 Å². The fourth-order valence-corrected chi connectivity index (χ4v) is 1.90. The van der Waals surface area contributed by atoms with Gasteiger partial charge in [0, 0.05) is 0 Å². The first-order chi connectivity index (χ1) is 6.74. The first kappa shape index (κ1) is 11.3. The van der Waals surface area contributed by atoms with Gasteiger partial charge in [0.05, 0.1) is 0 Å². The molecule has 0 bridgehead atoms. The van der Waals surface area contributed by atoms with Crippen LogP contribution in [0, 0.1) is 0 Å². The second-order valence-electron chi connectivity index (χ2n) is 3.59. The van der Waals surface area contributed by atoms with Gasteiger partial charge in [-0.05, 0) is 36.0 Å². The van der Waals surface area contributed by atoms with Gasteiger partial charge in [0.1, 0.15) is 6.10 Å². The Hall–Kier alpha value is -0.820. The summed E-state index contributed by atoms with van der Waals surface area (Å²) in [6.45, 7) is 6.19. The maximum Gasteiger partial charge on any atom is 0.118 e. The van der Waals surface area contributed by atoms with Gasteiger partial charge in [-0.25, -0.2) is 5.11 Å². The summed E-state index contributed by atoms with van der Waals surface area (Å²) < 4.78 is 0. The molecule has 1 unspecified atom stereocenters. The molecule has 14 heavy (non-hydrogen) atoms. The van der Waals surface area contributed by atoms with Gasteiger partial charge < -0.3 is 0 Å². The van der Waals surface area contributed by atoms with Gasteiger partial charge in [-0.2, -0.15) is 0 Å². The number of rotatable bonds is 4. The summed E-state index contributed by atoms with van der Waals surface area (Å²) in [7, 11) is 0. The zero-order valence-corrected chi connectivity index (χ0v) is 9.34. The van der Waals surface area contributed by atoms with E-state index < -0.39 is 6.10 Å². The third kappa shape index (κ3) is 2.16. The molecule has 0 heterocycles. The van der Waals surface area contributed by atoms with Crippen LogP contribution in [0.15, 0.2) is 18.2 Å². The Morgan fingerprint density at radius 1 is 1.07 bits per heavy atom. The molecule has 0 aromatic heterocycles. The maximum absolute atomic E-state index is 11.9. The first-order valence-electron chi connectivity index (χ1n) is 5.51. The van der Waals surface area contributed by atoms with Crippen LogP contribution in [0.25, 0.3) is 0 Å². The molecule has 1 rings (SSSR count). The van der Waals surface area contributed by atoms with E-state index in [4.69, 9.17) is 0 Å². The topological polar surface area (TPSA) is 19.9 Å². The summed E-state index contributed by atoms with van der Waals surface area (Å²) in [5.74, 6) is 0. The van der Waals surface area contributed by atoms with Crippen LogP contribution in [-0.2, 0) is 17.9 Å². The Bertz CT molecular complexity index is 269. The molecular weight excluding hydrogens is 172 g/mol. The number of hydrogen-bond acceptors (Lipinski definition) is 0. The highest BCUT2D eigenvalue weighted by Crippen LogP contribution is 2.26. The minimum atomic E-state index is -0.541. The molecule has 1 atom stereocenters. The summed E-state index contributed by atoms with van der Waals surface area (Å²) in [6.07, 6.45) is 2.06. The SMILES string of the molecule is CCc1cccc(CC)c1C([O])CC. The van der Waals surface area contributed by atoms with Crippen molar-refractivity contribution >= 4 is 0 Å². The van der Waals surface area contributed by atoms with Gasteiger partial charge in [-0.1, -0.05) is 39.0 Å². The molecule has 1 nitrogen and oxygen atoms in total. The highest BCUT2D eigenvalue weighted by molar-refractivity contribution is 5.37. The Balaban J connectivity index is 3.18. The molecule has 1 aromatic rings. The van der Waals surface area contributed by atoms with Crippen LogP contribution < -0.4 is 0 Å². The molecule has 1 heteroatoms. The number of hydrogen-bond donors (Lipinski definition) is 0. The summed E-state index contributed by atoms with van der Waals surface area (Å²) in [5.41, 5.74) is 3.51. The van der Waals surface area contributed by atoms with Crippen LogP contribution in [-0.4, -0.2) is 0 Å². The Morgan fingerprint density at radius 3 is 1.93 bits per heavy atom. The molecule has 1 aromatic carbocycles. The van der Waals surface area contributed by atoms with Crippen molar-refractivity contribution in [2.45, 2.75) is 46.1 Å². The molecule has 77 valence electrons. The highest BCUT2D eigenvalue weighted by Gasteiger charge is 2.14. The number of aryl methyl sites for hydroxylation is 2. The fourth-order valence-electron chi connectivity index (χ4n) is 1.90. The van der Waals surface area contributed by atoms with Crippen LogP contribution in [0.2, 0.25) is 0 Å². The molecule has 0 saturated heterocycles. The summed E-state index contributed by atoms with van der Waals surface area (Å²) in [6, 6.07) is 6.22. The van der Waals surface area contributed by atoms with E-state index in [0.717, 1.165) is 18.4 Å². The smallest absolute Gasteiger partial charge is 0.118 e. The molecule has 0 aliphatic rings. The minimum Gasteiger partial charge on any atom is -0.228 e. The Morgan fingerprint density at radius 2 is 1.57 bits per heavy atom. The lowest BCUT2D eigenvalue weighted by molar-refractivity contribution is 0.0842. The fraction of sp³-hybridized carbons (Fsp3) is 0.538. The van der Waals surface area contributed by atoms with Crippen LogP contribution >= 0.6 is 0 Å². The van der Waals surface area contributed by atoms with Gasteiger partial charge in [-0.3, -0.25) is 0 Å². The largest absolute Gasteiger partial charge is 0.228 e. The maximum atomic E-state index is 11.9. The lowest BCUT2D eigenvalue weighted by Gasteiger charge is -2.15. The van der Waals surface area contributed by atoms with Crippen molar-refractivity contribution in [3.8, 4) is 0 Å². The van der Waals surface area contributed by atoms with Crippen molar-refractivity contribution in [1.29, 1.82) is 0 Å². The van der Waals surface area contributed by atoms with Crippen molar-refractivity contribution in [2.75, 3.05) is 0 Å². The summed E-state index contributed by atoms with van der Waals surface area (Å²) in [4.78, 5) is 0. The van der Waals surface area contributed by atoms with Crippen molar-refractivity contribution in [2.24, 2.45) is 0 Å². The average molecular weight is 191 g/mol. The normalized spacial score (nSPS) is 12.9. The van der Waals surface area contributed by atoms with Crippen LogP contribution in [0.1, 0.15) is 50.0 Å². The molecule has 0 amide bonds. The van der Waals surface area contributed by atoms with Crippen molar-refractivity contribution in [1.82, 2.24) is 0 Å². The van der Waals surface area contributed by atoms with E-state index in [-0.39, 0.29) is 0 Å². The van der Waals surface area contributed by atoms with Gasteiger partial charge in [-0.15, -0.1) is 0 Å². The van der Waals surface area contributed by atoms with E-state index in [0.29, 0.717) is 6.42 Å². The second-order valence-corrected chi connectivity index (χ2v) is 3.59. The van der Waals surface area contributed by atoms with E-state index in [1.807, 2.05) is 6.92 Å². The molecule has 0 saturated carbocycles. The van der Waals surface area contributed by atoms with Gasteiger partial charge in [0.15, 0.2) is 0 Å². The zero-order valence-electron chi connectivity index (χ0n) is 9.34. The lowest BCUT2D eigenvalue weighted by atomic mass is 9.92. The molecule has 0 aliphatic carbocycles. The second kappa shape index (κ2) is 5.16. The highest BCUT2D eigenvalue weighted by atomic mass is 16.3. The predicted molar refractivity (Wildman–Crippen MR) is 58.9 cm³/mol. The lowest BCUT2D eigenvalue weighted by Crippen LogP contribution is -2.03. The molecular formula is C13H19O. The van der Waals surface area contributed by atoms with E-state index >= 15 is 0 Å². The zero-order chi connectivity index (χ0) is 10.6. The molecule has 0 N–H and O–H groups in total. The Labute approximate surface area is 86.8 Å². The van der Waals surface area contributed by atoms with E-state index in [1.54, 1.807) is 0 Å². The van der Waals surface area contributed by atoms with E-state index in [9.17, 15) is 5.11 Å².